The molecule has 4 heterocycles. The number of fused-ring (bicyclic) bond motifs is 1. The molecule has 3 aromatic carbocycles. The normalized spacial score (nSPS) is 16.6. The maximum Gasteiger partial charge on any atom is 0.312 e. The number of nitro groups is 1. The van der Waals surface area contributed by atoms with Crippen LogP contribution < -0.4 is 19.1 Å². The van der Waals surface area contributed by atoms with Crippen LogP contribution in [-0.4, -0.2) is 111 Å². The second kappa shape index (κ2) is 20.1. The Hall–Kier alpha value is -5.60. The van der Waals surface area contributed by atoms with Crippen LogP contribution in [0.1, 0.15) is 62.9 Å². The molecule has 20 heteroatoms. The molecule has 2 N–H and O–H groups in total. The summed E-state index contributed by atoms with van der Waals surface area (Å²) in [4.78, 5) is 36.5. The number of piperazine rings is 1. The molecule has 0 aliphatic carbocycles. The number of piperidine rings is 1. The number of nitro benzene ring substituents is 1. The van der Waals surface area contributed by atoms with Gasteiger partial charge in [0.05, 0.1) is 27.3 Å². The molecule has 7 rings (SSSR count). The second-order valence-corrected chi connectivity index (χ2v) is 21.4. The zero-order valence-electron chi connectivity index (χ0n) is 37.1. The number of pyridine rings is 1. The fraction of sp³-hybridized carbons (Fsp3) is 0.391. The lowest BCUT2D eigenvalue weighted by atomic mass is 9.92. The summed E-state index contributed by atoms with van der Waals surface area (Å²) in [5.41, 5.74) is 2.24. The van der Waals surface area contributed by atoms with E-state index in [1.165, 1.54) is 34.6 Å². The number of alkyl halides is 1. The average molecular weight is 967 g/mol. The van der Waals surface area contributed by atoms with Crippen LogP contribution in [0, 0.1) is 16.0 Å². The number of benzene rings is 3. The number of allylic oxidation sites excluding steroid dienone is 1. The summed E-state index contributed by atoms with van der Waals surface area (Å²) in [5.74, 6) is -0.776. The van der Waals surface area contributed by atoms with E-state index in [9.17, 15) is 31.7 Å². The summed E-state index contributed by atoms with van der Waals surface area (Å²) in [5, 5.41) is 13.6. The summed E-state index contributed by atoms with van der Waals surface area (Å²) in [6.07, 6.45) is 3.75. The number of hydrogen-bond donors (Lipinski definition) is 2. The van der Waals surface area contributed by atoms with Crippen LogP contribution in [0.4, 0.5) is 15.8 Å². The van der Waals surface area contributed by atoms with Crippen molar-refractivity contribution in [3.05, 3.63) is 117 Å². The van der Waals surface area contributed by atoms with E-state index < -0.39 is 59.5 Å². The van der Waals surface area contributed by atoms with Crippen molar-refractivity contribution in [1.29, 1.82) is 0 Å². The number of H-pyrrole nitrogens is 1. The molecular weight excluding hydrogens is 913 g/mol. The van der Waals surface area contributed by atoms with Gasteiger partial charge in [-0.05, 0) is 98.7 Å². The first-order valence-electron chi connectivity index (χ1n) is 21.6. The van der Waals surface area contributed by atoms with E-state index in [-0.39, 0.29) is 43.0 Å². The number of carbonyl (C=O) groups excluding carboxylic acids is 1. The predicted octanol–water partition coefficient (Wildman–Crippen LogP) is 8.21. The highest BCUT2D eigenvalue weighted by Crippen LogP contribution is 2.36. The van der Waals surface area contributed by atoms with Gasteiger partial charge in [-0.3, -0.25) is 19.8 Å². The van der Waals surface area contributed by atoms with Gasteiger partial charge in [-0.2, -0.15) is 0 Å². The standard InChI is InChI=1S/C46H53ClFN7O9S2/c1-5-65(59,60)54-18-15-46(48,16-19-54)30-63-42-13-11-38(27-41(42)55(57)58)66(61,62)51-45(56)39-12-10-36(26-43(39)64-37-25-34-14-17-49-44(34)50-28-37)53-22-20-52(21-23-53)29-32(4)40(24-31(2)3)33-6-8-35(47)9-7-33/h6-14,17,25-28,31H,5,15-16,18-24,29-30H2,1-4H3,(H,49,50)(H,51,56)/b40-32-. The van der Waals surface area contributed by atoms with Gasteiger partial charge in [0.25, 0.3) is 15.9 Å². The molecule has 2 aromatic heterocycles. The number of aromatic nitrogens is 2. The number of nitrogens with zero attached hydrogens (tertiary/aromatic N) is 5. The van der Waals surface area contributed by atoms with Gasteiger partial charge in [0.1, 0.15) is 29.4 Å². The van der Waals surface area contributed by atoms with Gasteiger partial charge in [-0.15, -0.1) is 0 Å². The van der Waals surface area contributed by atoms with Crippen LogP contribution in [0.5, 0.6) is 17.2 Å². The number of amides is 1. The van der Waals surface area contributed by atoms with Crippen LogP contribution in [0.15, 0.2) is 95.7 Å². The van der Waals surface area contributed by atoms with Crippen LogP contribution in [0.25, 0.3) is 16.6 Å². The lowest BCUT2D eigenvalue weighted by molar-refractivity contribution is -0.386. The van der Waals surface area contributed by atoms with Gasteiger partial charge >= 0.3 is 5.69 Å². The molecule has 66 heavy (non-hydrogen) atoms. The zero-order chi connectivity index (χ0) is 47.4. The van der Waals surface area contributed by atoms with Crippen molar-refractivity contribution in [3.8, 4) is 17.2 Å². The molecule has 5 aromatic rings. The number of halogens is 2. The first kappa shape index (κ1) is 48.3. The minimum Gasteiger partial charge on any atom is -0.483 e. The van der Waals surface area contributed by atoms with E-state index in [2.05, 4.69) is 52.7 Å². The van der Waals surface area contributed by atoms with E-state index in [1.54, 1.807) is 30.5 Å². The summed E-state index contributed by atoms with van der Waals surface area (Å²) in [6.45, 7) is 10.9. The van der Waals surface area contributed by atoms with Gasteiger partial charge in [-0.25, -0.2) is 35.2 Å². The van der Waals surface area contributed by atoms with Crippen molar-refractivity contribution in [2.24, 2.45) is 5.92 Å². The number of carbonyl (C=O) groups is 1. The highest BCUT2D eigenvalue weighted by Gasteiger charge is 2.39. The van der Waals surface area contributed by atoms with Crippen molar-refractivity contribution < 1.29 is 40.4 Å². The Morgan fingerprint density at radius 1 is 0.970 bits per heavy atom. The molecule has 0 saturated carbocycles. The summed E-state index contributed by atoms with van der Waals surface area (Å²) >= 11 is 6.19. The van der Waals surface area contributed by atoms with Gasteiger partial charge < -0.3 is 19.4 Å². The van der Waals surface area contributed by atoms with Crippen LogP contribution in [0.2, 0.25) is 5.02 Å². The number of sulfonamides is 2. The molecular formula is C46H53ClFN7O9S2. The van der Waals surface area contributed by atoms with Gasteiger partial charge in [0.2, 0.25) is 10.0 Å². The van der Waals surface area contributed by atoms with E-state index in [0.717, 1.165) is 60.9 Å². The highest BCUT2D eigenvalue weighted by atomic mass is 35.5. The Morgan fingerprint density at radius 2 is 1.68 bits per heavy atom. The molecule has 2 fully saturated rings. The minimum atomic E-state index is -4.73. The van der Waals surface area contributed by atoms with Crippen LogP contribution in [-0.2, 0) is 20.0 Å². The second-order valence-electron chi connectivity index (χ2n) is 17.1. The quantitative estimate of drug-likeness (QED) is 0.0670. The third kappa shape index (κ3) is 11.5. The van der Waals surface area contributed by atoms with Crippen molar-refractivity contribution >= 4 is 65.5 Å². The molecule has 0 spiro atoms. The lowest BCUT2D eigenvalue weighted by Gasteiger charge is -2.37. The van der Waals surface area contributed by atoms with Crippen LogP contribution >= 0.6 is 11.6 Å². The topological polar surface area (TPSA) is 197 Å². The Morgan fingerprint density at radius 3 is 2.35 bits per heavy atom. The Balaban J connectivity index is 1.07. The van der Waals surface area contributed by atoms with E-state index >= 15 is 4.39 Å². The van der Waals surface area contributed by atoms with Gasteiger partial charge in [-0.1, -0.05) is 43.2 Å². The van der Waals surface area contributed by atoms with Crippen molar-refractivity contribution in [2.75, 3.05) is 63.1 Å². The molecule has 0 atom stereocenters. The van der Waals surface area contributed by atoms with Gasteiger partial charge in [0.15, 0.2) is 5.75 Å². The third-order valence-corrected chi connectivity index (χ3v) is 15.3. The molecule has 352 valence electrons. The summed E-state index contributed by atoms with van der Waals surface area (Å²) in [7, 11) is -8.25. The summed E-state index contributed by atoms with van der Waals surface area (Å²) in [6, 6.07) is 19.1. The first-order chi connectivity index (χ1) is 31.3. The number of anilines is 1. The number of aromatic amines is 1. The van der Waals surface area contributed by atoms with Crippen molar-refractivity contribution in [1.82, 2.24) is 23.9 Å². The van der Waals surface area contributed by atoms with Crippen molar-refractivity contribution in [3.63, 3.8) is 0 Å². The van der Waals surface area contributed by atoms with E-state index in [1.807, 2.05) is 16.9 Å². The fourth-order valence-electron chi connectivity index (χ4n) is 8.14. The number of hydrogen-bond acceptors (Lipinski definition) is 12. The third-order valence-electron chi connectivity index (χ3n) is 11.9. The number of nitrogens with one attached hydrogen (secondary N) is 2. The largest absolute Gasteiger partial charge is 0.483 e. The Bertz CT molecular complexity index is 2840. The highest BCUT2D eigenvalue weighted by molar-refractivity contribution is 7.90. The Labute approximate surface area is 389 Å². The lowest BCUT2D eigenvalue weighted by Crippen LogP contribution is -2.47. The smallest absolute Gasteiger partial charge is 0.312 e. The molecule has 0 unspecified atom stereocenters. The maximum absolute atomic E-state index is 15.7. The van der Waals surface area contributed by atoms with Crippen LogP contribution in [0.3, 0.4) is 0 Å². The van der Waals surface area contributed by atoms with E-state index in [4.69, 9.17) is 21.1 Å². The minimum absolute atomic E-state index is 0.0485. The zero-order valence-corrected chi connectivity index (χ0v) is 39.5. The molecule has 2 saturated heterocycles. The van der Waals surface area contributed by atoms with Crippen molar-refractivity contribution in [2.45, 2.75) is 57.5 Å². The SMILES string of the molecule is CCS(=O)(=O)N1CCC(F)(COc2ccc(S(=O)(=O)NC(=O)c3ccc(N4CCN(C/C(C)=C(/CC(C)C)c5ccc(Cl)cc5)CC4)cc3Oc3cnc4[nH]ccc4c3)cc2[N+](=O)[O-])CC1. The number of ether oxygens (including phenoxy) is 2. The summed E-state index contributed by atoms with van der Waals surface area (Å²) < 4.78 is 82.6. The number of rotatable bonds is 17. The fourth-order valence-corrected chi connectivity index (χ4v) is 10.4. The monoisotopic (exact) mass is 965 g/mol. The van der Waals surface area contributed by atoms with E-state index in [0.29, 0.717) is 35.4 Å². The molecule has 2 aliphatic rings. The molecule has 0 radical (unpaired) electrons. The Kier molecular flexibility index (Phi) is 14.7. The molecule has 1 amide bonds. The molecule has 2 aliphatic heterocycles. The van der Waals surface area contributed by atoms with Gasteiger partial charge in [0, 0.05) is 80.2 Å². The maximum atomic E-state index is 15.7. The predicted molar refractivity (Wildman–Crippen MR) is 252 cm³/mol. The molecule has 0 bridgehead atoms. The average Bonchev–Trinajstić information content (AvgIpc) is 3.76. The first-order valence-corrected chi connectivity index (χ1v) is 25.1. The molecule has 16 nitrogen and oxygen atoms in total.